The number of aliphatic hydroxyl groups is 1. The van der Waals surface area contributed by atoms with E-state index in [2.05, 4.69) is 12.2 Å². The Morgan fingerprint density at radius 1 is 1.22 bits per heavy atom. The average molecular weight is 256 g/mol. The van der Waals surface area contributed by atoms with Gasteiger partial charge in [-0.1, -0.05) is 19.8 Å². The second kappa shape index (κ2) is 8.89. The minimum absolute atomic E-state index is 0.212. The van der Waals surface area contributed by atoms with Gasteiger partial charge in [-0.2, -0.15) is 0 Å². The quantitative estimate of drug-likeness (QED) is 0.555. The van der Waals surface area contributed by atoms with Gasteiger partial charge in [0.2, 0.25) is 0 Å². The molecule has 3 nitrogen and oxygen atoms in total. The Morgan fingerprint density at radius 2 is 1.94 bits per heavy atom. The lowest BCUT2D eigenvalue weighted by Gasteiger charge is -2.40. The summed E-state index contributed by atoms with van der Waals surface area (Å²) in [6, 6.07) is 0. The van der Waals surface area contributed by atoms with Gasteiger partial charge in [-0.05, 0) is 57.4 Å². The van der Waals surface area contributed by atoms with E-state index in [-0.39, 0.29) is 5.54 Å². The molecule has 3 heteroatoms. The van der Waals surface area contributed by atoms with Gasteiger partial charge in [0.25, 0.3) is 0 Å². The second-order valence-corrected chi connectivity index (χ2v) is 5.93. The SMILES string of the molecule is CCCC1CCC(CN)(NCCCCCO)CC1. The number of nitrogens with two attached hydrogens (primary N) is 1. The summed E-state index contributed by atoms with van der Waals surface area (Å²) in [5, 5.41) is 12.5. The van der Waals surface area contributed by atoms with Crippen LogP contribution in [-0.2, 0) is 0 Å². The molecule has 0 aromatic carbocycles. The van der Waals surface area contributed by atoms with Gasteiger partial charge in [0.05, 0.1) is 0 Å². The molecule has 18 heavy (non-hydrogen) atoms. The van der Waals surface area contributed by atoms with Crippen LogP contribution in [0.4, 0.5) is 0 Å². The third-order valence-corrected chi connectivity index (χ3v) is 4.48. The molecule has 0 bridgehead atoms. The van der Waals surface area contributed by atoms with E-state index in [0.29, 0.717) is 6.61 Å². The minimum atomic E-state index is 0.212. The lowest BCUT2D eigenvalue weighted by atomic mass is 9.75. The Bertz CT molecular complexity index is 201. The summed E-state index contributed by atoms with van der Waals surface area (Å²) in [7, 11) is 0. The Labute approximate surface area is 113 Å². The maximum atomic E-state index is 8.75. The molecule has 4 N–H and O–H groups in total. The molecule has 0 spiro atoms. The third-order valence-electron chi connectivity index (χ3n) is 4.48. The van der Waals surface area contributed by atoms with Gasteiger partial charge < -0.3 is 16.2 Å². The van der Waals surface area contributed by atoms with Crippen molar-refractivity contribution in [1.82, 2.24) is 5.32 Å². The molecule has 0 heterocycles. The number of hydrogen-bond donors (Lipinski definition) is 3. The Kier molecular flexibility index (Phi) is 7.87. The van der Waals surface area contributed by atoms with Crippen molar-refractivity contribution in [2.45, 2.75) is 70.3 Å². The molecule has 1 saturated carbocycles. The van der Waals surface area contributed by atoms with E-state index in [9.17, 15) is 0 Å². The summed E-state index contributed by atoms with van der Waals surface area (Å²) in [4.78, 5) is 0. The predicted molar refractivity (Wildman–Crippen MR) is 77.6 cm³/mol. The van der Waals surface area contributed by atoms with Crippen molar-refractivity contribution < 1.29 is 5.11 Å². The first-order valence-corrected chi connectivity index (χ1v) is 7.82. The van der Waals surface area contributed by atoms with Gasteiger partial charge in [0.1, 0.15) is 0 Å². The molecule has 108 valence electrons. The van der Waals surface area contributed by atoms with E-state index in [1.165, 1.54) is 38.5 Å². The topological polar surface area (TPSA) is 58.3 Å². The molecule has 1 fully saturated rings. The molecule has 1 aliphatic carbocycles. The van der Waals surface area contributed by atoms with E-state index in [0.717, 1.165) is 38.3 Å². The average Bonchev–Trinajstić information content (AvgIpc) is 2.41. The van der Waals surface area contributed by atoms with Crippen LogP contribution in [0.1, 0.15) is 64.7 Å². The first-order valence-electron chi connectivity index (χ1n) is 7.82. The second-order valence-electron chi connectivity index (χ2n) is 5.93. The van der Waals surface area contributed by atoms with Crippen LogP contribution in [0.15, 0.2) is 0 Å². The molecule has 0 aromatic heterocycles. The van der Waals surface area contributed by atoms with Crippen molar-refractivity contribution in [3.8, 4) is 0 Å². The van der Waals surface area contributed by atoms with Gasteiger partial charge in [0.15, 0.2) is 0 Å². The fourth-order valence-corrected chi connectivity index (χ4v) is 3.15. The van der Waals surface area contributed by atoms with Crippen LogP contribution in [0.2, 0.25) is 0 Å². The van der Waals surface area contributed by atoms with Gasteiger partial charge in [-0.25, -0.2) is 0 Å². The fourth-order valence-electron chi connectivity index (χ4n) is 3.15. The lowest BCUT2D eigenvalue weighted by molar-refractivity contribution is 0.186. The van der Waals surface area contributed by atoms with Crippen LogP contribution in [0.25, 0.3) is 0 Å². The van der Waals surface area contributed by atoms with Crippen LogP contribution in [0.5, 0.6) is 0 Å². The maximum absolute atomic E-state index is 8.75. The van der Waals surface area contributed by atoms with Crippen molar-refractivity contribution in [3.63, 3.8) is 0 Å². The summed E-state index contributed by atoms with van der Waals surface area (Å²) in [5.41, 5.74) is 6.21. The third kappa shape index (κ3) is 5.25. The zero-order valence-electron chi connectivity index (χ0n) is 12.1. The van der Waals surface area contributed by atoms with Crippen LogP contribution < -0.4 is 11.1 Å². The van der Waals surface area contributed by atoms with Crippen LogP contribution in [0.3, 0.4) is 0 Å². The Hall–Kier alpha value is -0.120. The minimum Gasteiger partial charge on any atom is -0.396 e. The highest BCUT2D eigenvalue weighted by Crippen LogP contribution is 2.33. The number of hydrogen-bond acceptors (Lipinski definition) is 3. The van der Waals surface area contributed by atoms with E-state index in [1.807, 2.05) is 0 Å². The molecular weight excluding hydrogens is 224 g/mol. The fraction of sp³-hybridized carbons (Fsp3) is 1.00. The van der Waals surface area contributed by atoms with Gasteiger partial charge in [-0.3, -0.25) is 0 Å². The Morgan fingerprint density at radius 3 is 2.50 bits per heavy atom. The van der Waals surface area contributed by atoms with Gasteiger partial charge in [0, 0.05) is 18.7 Å². The Balaban J connectivity index is 2.23. The van der Waals surface area contributed by atoms with Crippen molar-refractivity contribution in [2.75, 3.05) is 19.7 Å². The van der Waals surface area contributed by atoms with Crippen LogP contribution >= 0.6 is 0 Å². The molecule has 1 aliphatic rings. The van der Waals surface area contributed by atoms with Crippen LogP contribution in [-0.4, -0.2) is 30.3 Å². The summed E-state index contributed by atoms with van der Waals surface area (Å²) < 4.78 is 0. The highest BCUT2D eigenvalue weighted by atomic mass is 16.2. The van der Waals surface area contributed by atoms with E-state index in [1.54, 1.807) is 0 Å². The molecule has 1 rings (SSSR count). The number of nitrogens with one attached hydrogen (secondary N) is 1. The highest BCUT2D eigenvalue weighted by Gasteiger charge is 2.32. The molecule has 0 atom stereocenters. The first-order chi connectivity index (χ1) is 8.76. The summed E-state index contributed by atoms with van der Waals surface area (Å²) >= 11 is 0. The van der Waals surface area contributed by atoms with Crippen molar-refractivity contribution >= 4 is 0 Å². The van der Waals surface area contributed by atoms with E-state index >= 15 is 0 Å². The zero-order chi connectivity index (χ0) is 13.3. The smallest absolute Gasteiger partial charge is 0.0431 e. The standard InChI is InChI=1S/C15H32N2O/c1-2-6-14-7-9-15(13-16,10-8-14)17-11-4-3-5-12-18/h14,17-18H,2-13,16H2,1H3. The highest BCUT2D eigenvalue weighted by molar-refractivity contribution is 4.93. The van der Waals surface area contributed by atoms with E-state index in [4.69, 9.17) is 10.8 Å². The lowest BCUT2D eigenvalue weighted by Crippen LogP contribution is -2.53. The largest absolute Gasteiger partial charge is 0.396 e. The molecule has 0 amide bonds. The molecule has 0 aromatic rings. The van der Waals surface area contributed by atoms with Crippen molar-refractivity contribution in [3.05, 3.63) is 0 Å². The first kappa shape index (κ1) is 15.9. The normalized spacial score (nSPS) is 28.5. The molecule has 0 unspecified atom stereocenters. The predicted octanol–water partition coefficient (Wildman–Crippen LogP) is 2.43. The summed E-state index contributed by atoms with van der Waals surface area (Å²) in [5.74, 6) is 0.936. The number of rotatable bonds is 9. The molecular formula is C15H32N2O. The van der Waals surface area contributed by atoms with Gasteiger partial charge >= 0.3 is 0 Å². The summed E-state index contributed by atoms with van der Waals surface area (Å²) in [6.07, 6.45) is 11.1. The maximum Gasteiger partial charge on any atom is 0.0431 e. The van der Waals surface area contributed by atoms with Crippen molar-refractivity contribution in [1.29, 1.82) is 0 Å². The summed E-state index contributed by atoms with van der Waals surface area (Å²) in [6.45, 7) is 4.42. The number of aliphatic hydroxyl groups excluding tert-OH is 1. The van der Waals surface area contributed by atoms with Crippen molar-refractivity contribution in [2.24, 2.45) is 11.7 Å². The van der Waals surface area contributed by atoms with E-state index < -0.39 is 0 Å². The monoisotopic (exact) mass is 256 g/mol. The molecule has 0 aliphatic heterocycles. The van der Waals surface area contributed by atoms with Crippen LogP contribution in [0, 0.1) is 5.92 Å². The van der Waals surface area contributed by atoms with Gasteiger partial charge in [-0.15, -0.1) is 0 Å². The number of unbranched alkanes of at least 4 members (excludes halogenated alkanes) is 2. The molecule has 0 radical (unpaired) electrons. The zero-order valence-corrected chi connectivity index (χ0v) is 12.1. The molecule has 0 saturated heterocycles.